The summed E-state index contributed by atoms with van der Waals surface area (Å²) in [6.45, 7) is 0.379. The van der Waals surface area contributed by atoms with Crippen molar-refractivity contribution in [3.8, 4) is 0 Å². The number of aryl methyl sites for hydroxylation is 1. The maximum atomic E-state index is 12.2. The van der Waals surface area contributed by atoms with E-state index in [1.54, 1.807) is 13.2 Å². The summed E-state index contributed by atoms with van der Waals surface area (Å²) in [6.07, 6.45) is 9.61. The van der Waals surface area contributed by atoms with Crippen LogP contribution >= 0.6 is 22.6 Å². The van der Waals surface area contributed by atoms with Gasteiger partial charge >= 0.3 is 5.69 Å². The van der Waals surface area contributed by atoms with Crippen LogP contribution in [0.2, 0.25) is 0 Å². The first-order valence-corrected chi connectivity index (χ1v) is 8.72. The van der Waals surface area contributed by atoms with E-state index >= 15 is 0 Å². The van der Waals surface area contributed by atoms with E-state index in [1.165, 1.54) is 28.4 Å². The van der Waals surface area contributed by atoms with Gasteiger partial charge in [-0.05, 0) is 48.3 Å². The average molecular weight is 404 g/mol. The Balaban J connectivity index is 1.80. The Kier molecular flexibility index (Phi) is 4.27. The first-order chi connectivity index (χ1) is 10.0. The molecule has 1 aromatic heterocycles. The highest BCUT2D eigenvalue weighted by atomic mass is 127. The zero-order chi connectivity index (χ0) is 15.0. The van der Waals surface area contributed by atoms with Crippen LogP contribution in [0.5, 0.6) is 0 Å². The Morgan fingerprint density at radius 3 is 2.71 bits per heavy atom. The maximum Gasteiger partial charge on any atom is 0.330 e. The van der Waals surface area contributed by atoms with E-state index in [2.05, 4.69) is 0 Å². The summed E-state index contributed by atoms with van der Waals surface area (Å²) in [7, 11) is 1.68. The lowest BCUT2D eigenvalue weighted by Crippen LogP contribution is -2.43. The van der Waals surface area contributed by atoms with Gasteiger partial charge < -0.3 is 9.30 Å². The van der Waals surface area contributed by atoms with Crippen LogP contribution < -0.4 is 11.2 Å². The molecule has 1 aromatic rings. The third-order valence-corrected chi connectivity index (χ3v) is 5.52. The second-order valence-electron chi connectivity index (χ2n) is 6.31. The van der Waals surface area contributed by atoms with Crippen LogP contribution in [-0.4, -0.2) is 20.8 Å². The Morgan fingerprint density at radius 1 is 1.29 bits per heavy atom. The second-order valence-corrected chi connectivity index (χ2v) is 7.47. The molecule has 1 saturated carbocycles. The van der Waals surface area contributed by atoms with E-state index in [0.29, 0.717) is 10.1 Å². The molecule has 0 N–H and O–H groups in total. The minimum Gasteiger partial charge on any atom is -0.370 e. The summed E-state index contributed by atoms with van der Waals surface area (Å²) in [4.78, 5) is 24.3. The van der Waals surface area contributed by atoms with Gasteiger partial charge in [0, 0.05) is 13.2 Å². The maximum absolute atomic E-state index is 12.2. The van der Waals surface area contributed by atoms with E-state index in [4.69, 9.17) is 4.74 Å². The van der Waals surface area contributed by atoms with Crippen molar-refractivity contribution >= 4 is 22.6 Å². The van der Waals surface area contributed by atoms with E-state index in [-0.39, 0.29) is 23.0 Å². The normalized spacial score (nSPS) is 24.6. The highest BCUT2D eigenvalue weighted by molar-refractivity contribution is 14.1. The molecule has 2 fully saturated rings. The topological polar surface area (TPSA) is 53.2 Å². The van der Waals surface area contributed by atoms with Crippen LogP contribution in [0, 0.1) is 3.57 Å². The fraction of sp³-hybridized carbons (Fsp3) is 0.733. The quantitative estimate of drug-likeness (QED) is 0.709. The number of hydrogen-bond acceptors (Lipinski definition) is 3. The van der Waals surface area contributed by atoms with Gasteiger partial charge in [-0.1, -0.05) is 19.3 Å². The summed E-state index contributed by atoms with van der Waals surface area (Å²) in [5.41, 5.74) is -0.430. The zero-order valence-corrected chi connectivity index (χ0v) is 14.5. The van der Waals surface area contributed by atoms with Gasteiger partial charge in [0.1, 0.15) is 0 Å². The van der Waals surface area contributed by atoms with Gasteiger partial charge in [-0.3, -0.25) is 9.36 Å². The molecule has 0 amide bonds. The molecular formula is C15H21IN2O3. The summed E-state index contributed by atoms with van der Waals surface area (Å²) < 4.78 is 9.64. The number of ether oxygens (including phenoxy) is 1. The molecule has 1 aliphatic carbocycles. The van der Waals surface area contributed by atoms with Gasteiger partial charge in [0.15, 0.2) is 0 Å². The molecule has 1 atom stereocenters. The predicted molar refractivity (Wildman–Crippen MR) is 88.6 cm³/mol. The Labute approximate surface area is 137 Å². The molecule has 1 aliphatic heterocycles. The predicted octanol–water partition coefficient (Wildman–Crippen LogP) is 2.03. The van der Waals surface area contributed by atoms with Crippen LogP contribution in [-0.2, 0) is 18.3 Å². The number of rotatable bonds is 2. The minimum atomic E-state index is -0.256. The van der Waals surface area contributed by atoms with Gasteiger partial charge in [0.2, 0.25) is 0 Å². The highest BCUT2D eigenvalue weighted by Crippen LogP contribution is 2.42. The number of hydrogen-bond donors (Lipinski definition) is 0. The van der Waals surface area contributed by atoms with Crippen molar-refractivity contribution in [1.82, 2.24) is 9.13 Å². The Bertz CT molecular complexity index is 609. The highest BCUT2D eigenvalue weighted by Gasteiger charge is 2.41. The molecular weight excluding hydrogens is 383 g/mol. The number of nitrogens with zero attached hydrogens (tertiary/aromatic N) is 2. The van der Waals surface area contributed by atoms with Crippen LogP contribution in [0.1, 0.15) is 44.9 Å². The number of halogens is 1. The standard InChI is InChI=1S/C15H21IN2O3/c1-17-10-12(16)13(19)18(14(17)20)9-11-5-8-15(21-11)6-3-2-4-7-15/h10-11H,2-9H2,1H3. The van der Waals surface area contributed by atoms with Gasteiger partial charge in [0.25, 0.3) is 5.56 Å². The van der Waals surface area contributed by atoms with Crippen molar-refractivity contribution in [1.29, 1.82) is 0 Å². The van der Waals surface area contributed by atoms with Crippen molar-refractivity contribution < 1.29 is 4.74 Å². The third kappa shape index (κ3) is 2.97. The van der Waals surface area contributed by atoms with E-state index in [0.717, 1.165) is 25.7 Å². The fourth-order valence-corrected chi connectivity index (χ4v) is 4.35. The number of aromatic nitrogens is 2. The first kappa shape index (κ1) is 15.3. The molecule has 6 heteroatoms. The molecule has 5 nitrogen and oxygen atoms in total. The molecule has 1 spiro atoms. The lowest BCUT2D eigenvalue weighted by atomic mass is 9.83. The van der Waals surface area contributed by atoms with Crippen molar-refractivity contribution in [2.45, 2.75) is 63.2 Å². The van der Waals surface area contributed by atoms with Gasteiger partial charge in [-0.2, -0.15) is 0 Å². The summed E-state index contributed by atoms with van der Waals surface area (Å²) >= 11 is 1.98. The molecule has 2 heterocycles. The smallest absolute Gasteiger partial charge is 0.330 e. The molecule has 21 heavy (non-hydrogen) atoms. The van der Waals surface area contributed by atoms with Gasteiger partial charge in [0.05, 0.1) is 21.8 Å². The minimum absolute atomic E-state index is 0.00769. The van der Waals surface area contributed by atoms with Crippen molar-refractivity contribution in [2.24, 2.45) is 7.05 Å². The SMILES string of the molecule is Cn1cc(I)c(=O)n(CC2CCC3(CCCCC3)O2)c1=O. The van der Waals surface area contributed by atoms with Crippen LogP contribution in [0.3, 0.4) is 0 Å². The molecule has 2 aliphatic rings. The van der Waals surface area contributed by atoms with Crippen LogP contribution in [0.15, 0.2) is 15.8 Å². The lowest BCUT2D eigenvalue weighted by molar-refractivity contribution is -0.0686. The summed E-state index contributed by atoms with van der Waals surface area (Å²) in [6, 6.07) is 0. The lowest BCUT2D eigenvalue weighted by Gasteiger charge is -2.33. The largest absolute Gasteiger partial charge is 0.370 e. The molecule has 0 aromatic carbocycles. The first-order valence-electron chi connectivity index (χ1n) is 7.65. The fourth-order valence-electron chi connectivity index (χ4n) is 3.64. The summed E-state index contributed by atoms with van der Waals surface area (Å²) in [5.74, 6) is 0. The zero-order valence-electron chi connectivity index (χ0n) is 12.3. The van der Waals surface area contributed by atoms with Gasteiger partial charge in [-0.25, -0.2) is 4.79 Å². The van der Waals surface area contributed by atoms with Gasteiger partial charge in [-0.15, -0.1) is 0 Å². The Morgan fingerprint density at radius 2 is 2.00 bits per heavy atom. The van der Waals surface area contributed by atoms with E-state index in [9.17, 15) is 9.59 Å². The Hall–Kier alpha value is -0.630. The van der Waals surface area contributed by atoms with E-state index < -0.39 is 0 Å². The van der Waals surface area contributed by atoms with Crippen molar-refractivity contribution in [3.63, 3.8) is 0 Å². The molecule has 116 valence electrons. The molecule has 3 rings (SSSR count). The summed E-state index contributed by atoms with van der Waals surface area (Å²) in [5, 5.41) is 0. The second kappa shape index (κ2) is 5.87. The molecule has 0 bridgehead atoms. The monoisotopic (exact) mass is 404 g/mol. The molecule has 1 saturated heterocycles. The van der Waals surface area contributed by atoms with E-state index in [1.807, 2.05) is 22.6 Å². The van der Waals surface area contributed by atoms with Crippen molar-refractivity contribution in [2.75, 3.05) is 0 Å². The van der Waals surface area contributed by atoms with Crippen molar-refractivity contribution in [3.05, 3.63) is 30.6 Å². The molecule has 1 unspecified atom stereocenters. The van der Waals surface area contributed by atoms with Crippen LogP contribution in [0.25, 0.3) is 0 Å². The van der Waals surface area contributed by atoms with Crippen LogP contribution in [0.4, 0.5) is 0 Å². The molecule has 0 radical (unpaired) electrons. The third-order valence-electron chi connectivity index (χ3n) is 4.78. The average Bonchev–Trinajstić information content (AvgIpc) is 2.85.